The van der Waals surface area contributed by atoms with Gasteiger partial charge in [-0.15, -0.1) is 0 Å². The van der Waals surface area contributed by atoms with Crippen LogP contribution in [-0.2, 0) is 5.41 Å². The first-order chi connectivity index (χ1) is 29.5. The molecule has 2 heterocycles. The van der Waals surface area contributed by atoms with Crippen LogP contribution in [0, 0.1) is 0 Å². The van der Waals surface area contributed by atoms with Gasteiger partial charge in [0.2, 0.25) is 0 Å². The number of benzene rings is 9. The van der Waals surface area contributed by atoms with E-state index in [2.05, 4.69) is 213 Å². The van der Waals surface area contributed by atoms with Crippen molar-refractivity contribution in [1.82, 2.24) is 0 Å². The van der Waals surface area contributed by atoms with Gasteiger partial charge in [-0.2, -0.15) is 0 Å². The van der Waals surface area contributed by atoms with Gasteiger partial charge in [0.25, 0.3) is 0 Å². The van der Waals surface area contributed by atoms with Crippen molar-refractivity contribution in [2.24, 2.45) is 0 Å². The highest BCUT2D eigenvalue weighted by Crippen LogP contribution is 2.51. The number of furan rings is 2. The highest BCUT2D eigenvalue weighted by molar-refractivity contribution is 6.16. The van der Waals surface area contributed by atoms with Crippen molar-refractivity contribution in [3.8, 4) is 44.5 Å². The molecule has 1 aliphatic carbocycles. The van der Waals surface area contributed by atoms with E-state index in [0.29, 0.717) is 0 Å². The van der Waals surface area contributed by atoms with Crippen molar-refractivity contribution in [2.75, 3.05) is 4.90 Å². The first-order valence-electron chi connectivity index (χ1n) is 20.7. The molecule has 0 N–H and O–H groups in total. The van der Waals surface area contributed by atoms with E-state index in [1.54, 1.807) is 0 Å². The molecule has 0 fully saturated rings. The molecular weight excluding hydrogens is 731 g/mol. The van der Waals surface area contributed by atoms with Crippen LogP contribution in [0.4, 0.5) is 17.1 Å². The summed E-state index contributed by atoms with van der Waals surface area (Å²) in [7, 11) is 0. The second kappa shape index (κ2) is 13.2. The summed E-state index contributed by atoms with van der Waals surface area (Å²) in [6, 6.07) is 71.8. The minimum atomic E-state index is -0.137. The van der Waals surface area contributed by atoms with Crippen LogP contribution in [0.25, 0.3) is 88.4 Å². The van der Waals surface area contributed by atoms with E-state index in [9.17, 15) is 0 Å². The summed E-state index contributed by atoms with van der Waals surface area (Å²) in [5.74, 6) is 0. The van der Waals surface area contributed by atoms with E-state index in [-0.39, 0.29) is 5.41 Å². The van der Waals surface area contributed by atoms with Gasteiger partial charge in [0.15, 0.2) is 0 Å². The van der Waals surface area contributed by atoms with Crippen molar-refractivity contribution in [3.05, 3.63) is 211 Å². The van der Waals surface area contributed by atoms with Gasteiger partial charge < -0.3 is 13.7 Å². The smallest absolute Gasteiger partial charge is 0.143 e. The summed E-state index contributed by atoms with van der Waals surface area (Å²) < 4.78 is 13.4. The molecule has 9 aromatic carbocycles. The molecular formula is C57H39NO2. The van der Waals surface area contributed by atoms with Crippen molar-refractivity contribution < 1.29 is 8.83 Å². The maximum absolute atomic E-state index is 6.78. The van der Waals surface area contributed by atoms with E-state index >= 15 is 0 Å². The molecule has 284 valence electrons. The van der Waals surface area contributed by atoms with Gasteiger partial charge in [-0.05, 0) is 98.6 Å². The molecule has 0 atom stereocenters. The zero-order valence-electron chi connectivity index (χ0n) is 33.3. The second-order valence-electron chi connectivity index (χ2n) is 16.5. The Balaban J connectivity index is 0.995. The normalized spacial score (nSPS) is 13.0. The Morgan fingerprint density at radius 3 is 1.68 bits per heavy atom. The molecule has 1 aliphatic rings. The highest BCUT2D eigenvalue weighted by atomic mass is 16.3. The molecule has 3 heteroatoms. The van der Waals surface area contributed by atoms with E-state index in [1.165, 1.54) is 38.9 Å². The molecule has 0 radical (unpaired) electrons. The topological polar surface area (TPSA) is 29.5 Å². The number of rotatable bonds is 6. The second-order valence-corrected chi connectivity index (χ2v) is 16.5. The number of anilines is 3. The summed E-state index contributed by atoms with van der Waals surface area (Å²) >= 11 is 0. The molecule has 2 aromatic heterocycles. The van der Waals surface area contributed by atoms with Crippen LogP contribution in [-0.4, -0.2) is 0 Å². The summed E-state index contributed by atoms with van der Waals surface area (Å²) in [5, 5.41) is 4.22. The fraction of sp³-hybridized carbons (Fsp3) is 0.0526. The van der Waals surface area contributed by atoms with Crippen LogP contribution >= 0.6 is 0 Å². The minimum Gasteiger partial charge on any atom is -0.456 e. The van der Waals surface area contributed by atoms with Gasteiger partial charge >= 0.3 is 0 Å². The third kappa shape index (κ3) is 5.36. The number of hydrogen-bond donors (Lipinski definition) is 0. The molecule has 0 spiro atoms. The van der Waals surface area contributed by atoms with E-state index in [4.69, 9.17) is 8.83 Å². The zero-order valence-corrected chi connectivity index (χ0v) is 33.3. The number of hydrogen-bond acceptors (Lipinski definition) is 3. The third-order valence-electron chi connectivity index (χ3n) is 12.7. The first kappa shape index (κ1) is 34.4. The maximum Gasteiger partial charge on any atom is 0.143 e. The summed E-state index contributed by atoms with van der Waals surface area (Å²) in [6.07, 6.45) is 0. The largest absolute Gasteiger partial charge is 0.456 e. The third-order valence-corrected chi connectivity index (χ3v) is 12.7. The Labute approximate surface area is 348 Å². The fourth-order valence-corrected chi connectivity index (χ4v) is 9.63. The van der Waals surface area contributed by atoms with Crippen molar-refractivity contribution >= 4 is 60.9 Å². The molecule has 3 nitrogen and oxygen atoms in total. The van der Waals surface area contributed by atoms with Crippen LogP contribution in [0.1, 0.15) is 25.0 Å². The number of para-hydroxylation sites is 1. The van der Waals surface area contributed by atoms with Gasteiger partial charge in [0.05, 0.1) is 0 Å². The molecule has 0 saturated heterocycles. The SMILES string of the molecule is CC1(C)c2ccccc2-c2ccc(N(c3cccc(-c4ccc(-c5ccccc5)cc4)c3)c3ccc4c(c3)oc3cc5c(cc34)oc3c(-c4ccccc4)cccc35)cc21. The van der Waals surface area contributed by atoms with Gasteiger partial charge in [0.1, 0.15) is 22.3 Å². The van der Waals surface area contributed by atoms with Gasteiger partial charge in [-0.1, -0.05) is 159 Å². The Kier molecular flexibility index (Phi) is 7.58. The first-order valence-corrected chi connectivity index (χ1v) is 20.7. The molecule has 0 unspecified atom stereocenters. The van der Waals surface area contributed by atoms with Crippen LogP contribution in [0.15, 0.2) is 209 Å². The van der Waals surface area contributed by atoms with Crippen LogP contribution in [0.3, 0.4) is 0 Å². The maximum atomic E-state index is 6.78. The van der Waals surface area contributed by atoms with E-state index in [1.807, 2.05) is 6.07 Å². The van der Waals surface area contributed by atoms with Crippen LogP contribution < -0.4 is 4.90 Å². The minimum absolute atomic E-state index is 0.137. The molecule has 0 aliphatic heterocycles. The monoisotopic (exact) mass is 769 g/mol. The lowest BCUT2D eigenvalue weighted by Crippen LogP contribution is -2.16. The Morgan fingerprint density at radius 2 is 0.883 bits per heavy atom. The summed E-state index contributed by atoms with van der Waals surface area (Å²) in [5.41, 5.74) is 18.7. The van der Waals surface area contributed by atoms with Crippen LogP contribution in [0.5, 0.6) is 0 Å². The highest BCUT2D eigenvalue weighted by Gasteiger charge is 2.35. The average molecular weight is 770 g/mol. The lowest BCUT2D eigenvalue weighted by molar-refractivity contribution is 0.660. The predicted molar refractivity (Wildman–Crippen MR) is 250 cm³/mol. The molecule has 60 heavy (non-hydrogen) atoms. The zero-order chi connectivity index (χ0) is 40.0. The standard InChI is InChI=1S/C57H39NO2/c1-57(2)51-22-10-9-19-45(51)46-29-27-42(32-52(46)57)58(41-18-11-17-40(31-41)38-25-23-37(24-26-38)36-13-5-3-6-14-36)43-28-30-47-49-34-55-50(35-54(49)59-53(47)33-43)48-21-12-20-44(56(48)60-55)39-15-7-4-8-16-39/h3-35H,1-2H3. The Bertz CT molecular complexity index is 3450. The fourth-order valence-electron chi connectivity index (χ4n) is 9.63. The lowest BCUT2D eigenvalue weighted by atomic mass is 9.82. The molecule has 12 rings (SSSR count). The number of nitrogens with zero attached hydrogens (tertiary/aromatic N) is 1. The number of fused-ring (bicyclic) bond motifs is 9. The molecule has 0 saturated carbocycles. The molecule has 0 amide bonds. The van der Waals surface area contributed by atoms with Gasteiger partial charge in [0, 0.05) is 55.7 Å². The van der Waals surface area contributed by atoms with Crippen LogP contribution in [0.2, 0.25) is 0 Å². The van der Waals surface area contributed by atoms with E-state index < -0.39 is 0 Å². The Hall–Kier alpha value is -7.62. The molecule has 0 bridgehead atoms. The summed E-state index contributed by atoms with van der Waals surface area (Å²) in [4.78, 5) is 2.37. The molecule has 11 aromatic rings. The van der Waals surface area contributed by atoms with Crippen molar-refractivity contribution in [2.45, 2.75) is 19.3 Å². The van der Waals surface area contributed by atoms with Gasteiger partial charge in [-0.25, -0.2) is 0 Å². The van der Waals surface area contributed by atoms with E-state index in [0.717, 1.165) is 77.6 Å². The van der Waals surface area contributed by atoms with Gasteiger partial charge in [-0.3, -0.25) is 0 Å². The lowest BCUT2D eigenvalue weighted by Gasteiger charge is -2.28. The quantitative estimate of drug-likeness (QED) is 0.169. The average Bonchev–Trinajstić information content (AvgIpc) is 3.92. The Morgan fingerprint density at radius 1 is 0.333 bits per heavy atom. The van der Waals surface area contributed by atoms with Crippen molar-refractivity contribution in [3.63, 3.8) is 0 Å². The predicted octanol–water partition coefficient (Wildman–Crippen LogP) is 16.3. The van der Waals surface area contributed by atoms with Crippen molar-refractivity contribution in [1.29, 1.82) is 0 Å². The summed E-state index contributed by atoms with van der Waals surface area (Å²) in [6.45, 7) is 4.68.